The molecule has 0 aromatic carbocycles. The lowest BCUT2D eigenvalue weighted by Crippen LogP contribution is -2.28. The van der Waals surface area contributed by atoms with E-state index in [1.54, 1.807) is 13.8 Å². The lowest BCUT2D eigenvalue weighted by atomic mass is 10.2. The van der Waals surface area contributed by atoms with Gasteiger partial charge in [-0.05, 0) is 13.8 Å². The Kier molecular flexibility index (Phi) is 7.22. The van der Waals surface area contributed by atoms with Crippen LogP contribution in [0.2, 0.25) is 0 Å². The Balaban J connectivity index is 3.71. The highest BCUT2D eigenvalue weighted by molar-refractivity contribution is 14.1. The largest absolute Gasteiger partial charge is 0.464 e. The van der Waals surface area contributed by atoms with E-state index in [1.807, 2.05) is 0 Å². The van der Waals surface area contributed by atoms with Crippen molar-refractivity contribution in [3.8, 4) is 0 Å². The molecule has 0 aromatic heterocycles. The van der Waals surface area contributed by atoms with Gasteiger partial charge in [0.1, 0.15) is 4.32 Å². The van der Waals surface area contributed by atoms with Gasteiger partial charge in [0.2, 0.25) is 4.86 Å². The van der Waals surface area contributed by atoms with E-state index in [9.17, 15) is 4.79 Å². The van der Waals surface area contributed by atoms with Crippen LogP contribution in [0.5, 0.6) is 0 Å². The topological polar surface area (TPSA) is 26.3 Å². The predicted octanol–water partition coefficient (Wildman–Crippen LogP) is 2.74. The first-order chi connectivity index (χ1) is 5.88. The summed E-state index contributed by atoms with van der Waals surface area (Å²) in [6.07, 6.45) is 0. The molecule has 0 aliphatic rings. The van der Waals surface area contributed by atoms with E-state index in [1.165, 1.54) is 0 Å². The number of hydrogen-bond donors (Lipinski definition) is 0. The highest BCUT2D eigenvalue weighted by Crippen LogP contribution is 2.21. The van der Waals surface area contributed by atoms with Crippen molar-refractivity contribution in [1.29, 1.82) is 0 Å². The molecular formula is C7H13BBrIO2P. The van der Waals surface area contributed by atoms with Gasteiger partial charge in [-0.15, -0.1) is 8.46 Å². The lowest BCUT2D eigenvalue weighted by molar-refractivity contribution is -0.145. The second-order valence-corrected chi connectivity index (χ2v) is 8.64. The van der Waals surface area contributed by atoms with Gasteiger partial charge in [0.25, 0.3) is 0 Å². The number of rotatable bonds is 5. The molecule has 0 aromatic rings. The summed E-state index contributed by atoms with van der Waals surface area (Å²) < 4.78 is 4.55. The molecule has 13 heavy (non-hydrogen) atoms. The number of hydrogen-bond acceptors (Lipinski definition) is 2. The highest BCUT2D eigenvalue weighted by Gasteiger charge is 2.25. The molecule has 6 heteroatoms. The highest BCUT2D eigenvalue weighted by atomic mass is 127. The average molecular weight is 378 g/mol. The van der Waals surface area contributed by atoms with E-state index in [0.717, 1.165) is 8.46 Å². The van der Waals surface area contributed by atoms with Crippen molar-refractivity contribution >= 4 is 57.6 Å². The van der Waals surface area contributed by atoms with E-state index in [4.69, 9.17) is 4.74 Å². The van der Waals surface area contributed by atoms with Crippen LogP contribution in [-0.2, 0) is 9.53 Å². The molecule has 0 spiro atoms. The summed E-state index contributed by atoms with van der Waals surface area (Å²) in [5.74, 6) is -0.197. The minimum absolute atomic E-state index is 0.197. The van der Waals surface area contributed by atoms with Crippen LogP contribution in [0.15, 0.2) is 0 Å². The Morgan fingerprint density at radius 3 is 2.69 bits per heavy atom. The molecule has 2 unspecified atom stereocenters. The van der Waals surface area contributed by atoms with E-state index >= 15 is 0 Å². The standard InChI is InChI=1S/C7H13BBrIO2P/c1-5(13-8-10)4-12-6(11)7(2,3)9/h5,13H,4H2,1-3H3. The fourth-order valence-electron chi connectivity index (χ4n) is 0.528. The van der Waals surface area contributed by atoms with Gasteiger partial charge in [0.15, 0.2) is 0 Å². The van der Waals surface area contributed by atoms with Crippen molar-refractivity contribution in [1.82, 2.24) is 0 Å². The van der Waals surface area contributed by atoms with Crippen molar-refractivity contribution in [3.05, 3.63) is 0 Å². The van der Waals surface area contributed by atoms with Crippen molar-refractivity contribution in [2.45, 2.75) is 30.8 Å². The predicted molar refractivity (Wildman–Crippen MR) is 71.5 cm³/mol. The molecular weight excluding hydrogens is 365 g/mol. The maximum atomic E-state index is 11.3. The van der Waals surface area contributed by atoms with Gasteiger partial charge in [0.05, 0.1) is 6.61 Å². The number of halogens is 2. The summed E-state index contributed by atoms with van der Waals surface area (Å²) in [7, 11) is 0.741. The Labute approximate surface area is 104 Å². The van der Waals surface area contributed by atoms with Gasteiger partial charge >= 0.3 is 5.97 Å². The first kappa shape index (κ1) is 14.2. The zero-order chi connectivity index (χ0) is 10.5. The molecule has 0 heterocycles. The number of esters is 1. The monoisotopic (exact) mass is 377 g/mol. The summed E-state index contributed by atoms with van der Waals surface area (Å²) in [6, 6.07) is 0. The van der Waals surface area contributed by atoms with E-state index < -0.39 is 4.32 Å². The van der Waals surface area contributed by atoms with Crippen LogP contribution in [-0.4, -0.2) is 27.4 Å². The van der Waals surface area contributed by atoms with Crippen molar-refractivity contribution in [2.75, 3.05) is 6.61 Å². The first-order valence-corrected chi connectivity index (χ1v) is 7.11. The fourth-order valence-corrected chi connectivity index (χ4v) is 2.88. The summed E-state index contributed by atoms with van der Waals surface area (Å²) in [6.45, 7) is 6.15. The maximum Gasteiger partial charge on any atom is 0.322 e. The third-order valence-electron chi connectivity index (χ3n) is 1.30. The number of carbonyl (C=O) groups excluding carboxylic acids is 1. The molecule has 0 aliphatic carbocycles. The molecule has 0 bridgehead atoms. The molecule has 0 amide bonds. The number of alkyl halides is 1. The lowest BCUT2D eigenvalue weighted by Gasteiger charge is -2.17. The molecule has 0 N–H and O–H groups in total. The summed E-state index contributed by atoms with van der Waals surface area (Å²) in [5.41, 5.74) is 0.427. The summed E-state index contributed by atoms with van der Waals surface area (Å²) >= 11 is 5.46. The zero-order valence-corrected chi connectivity index (χ0v) is 12.7. The van der Waals surface area contributed by atoms with Crippen LogP contribution < -0.4 is 0 Å². The Bertz CT molecular complexity index is 174. The third kappa shape index (κ3) is 7.14. The van der Waals surface area contributed by atoms with Gasteiger partial charge in [0, 0.05) is 5.66 Å². The fraction of sp³-hybridized carbons (Fsp3) is 0.857. The van der Waals surface area contributed by atoms with Crippen LogP contribution in [0, 0.1) is 0 Å². The number of carbonyl (C=O) groups is 1. The van der Waals surface area contributed by atoms with Gasteiger partial charge < -0.3 is 4.74 Å². The SMILES string of the molecule is CC(COC(=O)C(C)(C)Br)P[B]I. The van der Waals surface area contributed by atoms with Crippen molar-refractivity contribution in [3.63, 3.8) is 0 Å². The van der Waals surface area contributed by atoms with Crippen LogP contribution >= 0.6 is 46.8 Å². The molecule has 75 valence electrons. The number of ether oxygens (including phenoxy) is 1. The summed E-state index contributed by atoms with van der Waals surface area (Å²) in [4.78, 5) is 13.4. The minimum atomic E-state index is -0.566. The quantitative estimate of drug-likeness (QED) is 0.242. The van der Waals surface area contributed by atoms with Gasteiger partial charge in [-0.25, -0.2) is 0 Å². The second kappa shape index (κ2) is 6.62. The molecule has 0 aliphatic heterocycles. The molecule has 0 saturated heterocycles. The Hall–Kier alpha value is 1.17. The first-order valence-electron chi connectivity index (χ1n) is 3.92. The van der Waals surface area contributed by atoms with E-state index in [2.05, 4.69) is 50.1 Å². The maximum absolute atomic E-state index is 11.3. The van der Waals surface area contributed by atoms with Crippen LogP contribution in [0.25, 0.3) is 0 Å². The van der Waals surface area contributed by atoms with Gasteiger partial charge in [-0.2, -0.15) is 22.4 Å². The van der Waals surface area contributed by atoms with Crippen molar-refractivity contribution < 1.29 is 9.53 Å². The average Bonchev–Trinajstić information content (AvgIpc) is 1.99. The normalized spacial score (nSPS) is 14.5. The van der Waals surface area contributed by atoms with E-state index in [-0.39, 0.29) is 5.97 Å². The molecule has 0 saturated carbocycles. The molecule has 0 fully saturated rings. The summed E-state index contributed by atoms with van der Waals surface area (Å²) in [5, 5.41) is 0. The minimum Gasteiger partial charge on any atom is -0.464 e. The molecule has 2 nitrogen and oxygen atoms in total. The van der Waals surface area contributed by atoms with Gasteiger partial charge in [-0.1, -0.05) is 22.9 Å². The zero-order valence-electron chi connectivity index (χ0n) is 7.93. The van der Waals surface area contributed by atoms with Crippen LogP contribution in [0.3, 0.4) is 0 Å². The Morgan fingerprint density at radius 1 is 1.77 bits per heavy atom. The van der Waals surface area contributed by atoms with Crippen LogP contribution in [0.1, 0.15) is 20.8 Å². The van der Waals surface area contributed by atoms with E-state index in [0.29, 0.717) is 12.3 Å². The van der Waals surface area contributed by atoms with Crippen molar-refractivity contribution in [2.24, 2.45) is 0 Å². The molecule has 2 atom stereocenters. The van der Waals surface area contributed by atoms with Crippen LogP contribution in [0.4, 0.5) is 0 Å². The molecule has 1 radical (unpaired) electrons. The smallest absolute Gasteiger partial charge is 0.322 e. The van der Waals surface area contributed by atoms with Gasteiger partial charge in [-0.3, -0.25) is 4.79 Å². The molecule has 0 rings (SSSR count). The third-order valence-corrected chi connectivity index (χ3v) is 3.56. The Morgan fingerprint density at radius 2 is 2.31 bits per heavy atom. The second-order valence-electron chi connectivity index (χ2n) is 3.25.